The third-order valence-electron chi connectivity index (χ3n) is 3.66. The molecule has 1 amide bonds. The SMILES string of the molecule is Cc1ccc(S(=O)(=O)NCC(=O)OCC(=O)Nc2cccc3nsnc23)cc1. The molecule has 0 radical (unpaired) electrons. The molecule has 0 unspecified atom stereocenters. The number of aryl methyl sites for hydroxylation is 1. The van der Waals surface area contributed by atoms with Crippen molar-refractivity contribution in [3.63, 3.8) is 0 Å². The predicted octanol–water partition coefficient (Wildman–Crippen LogP) is 1.46. The Morgan fingerprint density at radius 1 is 1.11 bits per heavy atom. The van der Waals surface area contributed by atoms with Crippen LogP contribution in [0.3, 0.4) is 0 Å². The highest BCUT2D eigenvalue weighted by Crippen LogP contribution is 2.20. The van der Waals surface area contributed by atoms with Gasteiger partial charge in [0.1, 0.15) is 17.6 Å². The first-order chi connectivity index (χ1) is 13.3. The first kappa shape index (κ1) is 19.9. The molecule has 0 saturated carbocycles. The lowest BCUT2D eigenvalue weighted by Gasteiger charge is -2.08. The van der Waals surface area contributed by atoms with Gasteiger partial charge in [0, 0.05) is 0 Å². The van der Waals surface area contributed by atoms with Crippen molar-refractivity contribution in [3.05, 3.63) is 48.0 Å². The van der Waals surface area contributed by atoms with E-state index in [9.17, 15) is 18.0 Å². The molecule has 0 bridgehead atoms. The smallest absolute Gasteiger partial charge is 0.321 e. The Bertz CT molecular complexity index is 1110. The van der Waals surface area contributed by atoms with Crippen LogP contribution in [0.25, 0.3) is 11.0 Å². The van der Waals surface area contributed by atoms with Crippen molar-refractivity contribution in [3.8, 4) is 0 Å². The Hall–Kier alpha value is -2.89. The van der Waals surface area contributed by atoms with Crippen molar-refractivity contribution in [1.82, 2.24) is 13.5 Å². The number of amides is 1. The molecule has 1 heterocycles. The molecule has 28 heavy (non-hydrogen) atoms. The van der Waals surface area contributed by atoms with E-state index >= 15 is 0 Å². The van der Waals surface area contributed by atoms with Crippen LogP contribution in [0.15, 0.2) is 47.4 Å². The third-order valence-corrected chi connectivity index (χ3v) is 5.62. The Kier molecular flexibility index (Phi) is 5.97. The first-order valence-corrected chi connectivity index (χ1v) is 10.3. The molecule has 0 spiro atoms. The second-order valence-corrected chi connectivity index (χ2v) is 8.08. The molecule has 0 aliphatic rings. The summed E-state index contributed by atoms with van der Waals surface area (Å²) in [5, 5.41) is 2.58. The summed E-state index contributed by atoms with van der Waals surface area (Å²) in [4.78, 5) is 23.8. The number of esters is 1. The van der Waals surface area contributed by atoms with Gasteiger partial charge in [0.2, 0.25) is 10.0 Å². The molecule has 0 atom stereocenters. The number of nitrogens with zero attached hydrogens (tertiary/aromatic N) is 2. The number of carbonyl (C=O) groups excluding carboxylic acids is 2. The minimum Gasteiger partial charge on any atom is -0.455 e. The summed E-state index contributed by atoms with van der Waals surface area (Å²) in [6.07, 6.45) is 0. The second kappa shape index (κ2) is 8.42. The van der Waals surface area contributed by atoms with E-state index in [1.54, 1.807) is 30.3 Å². The number of anilines is 1. The van der Waals surface area contributed by atoms with Crippen LogP contribution in [0.5, 0.6) is 0 Å². The van der Waals surface area contributed by atoms with Crippen LogP contribution in [0.4, 0.5) is 5.69 Å². The molecule has 3 aromatic rings. The Balaban J connectivity index is 1.49. The maximum Gasteiger partial charge on any atom is 0.321 e. The van der Waals surface area contributed by atoms with Crippen molar-refractivity contribution in [2.24, 2.45) is 0 Å². The van der Waals surface area contributed by atoms with Crippen LogP contribution in [0, 0.1) is 6.92 Å². The zero-order chi connectivity index (χ0) is 20.1. The van der Waals surface area contributed by atoms with Gasteiger partial charge in [-0.1, -0.05) is 23.8 Å². The van der Waals surface area contributed by atoms with E-state index < -0.39 is 35.1 Å². The molecule has 9 nitrogen and oxygen atoms in total. The maximum atomic E-state index is 12.1. The van der Waals surface area contributed by atoms with E-state index in [1.165, 1.54) is 12.1 Å². The van der Waals surface area contributed by atoms with Gasteiger partial charge in [-0.2, -0.15) is 13.5 Å². The average Bonchev–Trinajstić information content (AvgIpc) is 3.15. The van der Waals surface area contributed by atoms with Crippen molar-refractivity contribution < 1.29 is 22.7 Å². The average molecular weight is 420 g/mol. The highest BCUT2D eigenvalue weighted by molar-refractivity contribution is 7.89. The topological polar surface area (TPSA) is 127 Å². The van der Waals surface area contributed by atoms with Gasteiger partial charge in [0.05, 0.1) is 22.3 Å². The van der Waals surface area contributed by atoms with Crippen LogP contribution in [-0.2, 0) is 24.3 Å². The number of aromatic nitrogens is 2. The van der Waals surface area contributed by atoms with Gasteiger partial charge in [-0.25, -0.2) is 8.42 Å². The molecule has 146 valence electrons. The number of sulfonamides is 1. The Labute approximate surface area is 165 Å². The molecular weight excluding hydrogens is 404 g/mol. The second-order valence-electron chi connectivity index (χ2n) is 5.78. The lowest BCUT2D eigenvalue weighted by Crippen LogP contribution is -2.32. The van der Waals surface area contributed by atoms with E-state index in [4.69, 9.17) is 4.74 Å². The number of rotatable bonds is 7. The predicted molar refractivity (Wildman–Crippen MR) is 103 cm³/mol. The number of benzene rings is 2. The van der Waals surface area contributed by atoms with Gasteiger partial charge < -0.3 is 10.1 Å². The van der Waals surface area contributed by atoms with Gasteiger partial charge in [0.15, 0.2) is 6.61 Å². The van der Waals surface area contributed by atoms with Crippen LogP contribution in [0.1, 0.15) is 5.56 Å². The summed E-state index contributed by atoms with van der Waals surface area (Å²) in [5.41, 5.74) is 2.55. The monoisotopic (exact) mass is 420 g/mol. The fraction of sp³-hybridized carbons (Fsp3) is 0.176. The number of carbonyl (C=O) groups is 2. The zero-order valence-corrected chi connectivity index (χ0v) is 16.3. The molecule has 1 aromatic heterocycles. The number of ether oxygens (including phenoxy) is 1. The summed E-state index contributed by atoms with van der Waals surface area (Å²) in [6, 6.07) is 11.3. The Morgan fingerprint density at radius 2 is 1.86 bits per heavy atom. The number of fused-ring (bicyclic) bond motifs is 1. The first-order valence-electron chi connectivity index (χ1n) is 8.08. The summed E-state index contributed by atoms with van der Waals surface area (Å²) < 4.78 is 39.3. The van der Waals surface area contributed by atoms with Gasteiger partial charge in [-0.05, 0) is 31.2 Å². The van der Waals surface area contributed by atoms with E-state index in [-0.39, 0.29) is 4.90 Å². The number of hydrogen-bond donors (Lipinski definition) is 2. The standard InChI is InChI=1S/C17H16N4O5S2/c1-11-5-7-12(8-6-11)28(24,25)18-9-16(23)26-10-15(22)19-13-3-2-4-14-17(13)21-27-20-14/h2-8,18H,9-10H2,1H3,(H,19,22). The normalized spacial score (nSPS) is 11.3. The summed E-state index contributed by atoms with van der Waals surface area (Å²) in [7, 11) is -3.84. The molecular formula is C17H16N4O5S2. The fourth-order valence-electron chi connectivity index (χ4n) is 2.25. The molecule has 2 N–H and O–H groups in total. The van der Waals surface area contributed by atoms with Crippen molar-refractivity contribution in [2.75, 3.05) is 18.5 Å². The minimum atomic E-state index is -3.84. The zero-order valence-electron chi connectivity index (χ0n) is 14.7. The number of nitrogens with one attached hydrogen (secondary N) is 2. The quantitative estimate of drug-likeness (QED) is 0.554. The molecule has 2 aromatic carbocycles. The van der Waals surface area contributed by atoms with Gasteiger partial charge in [0.25, 0.3) is 5.91 Å². The summed E-state index contributed by atoms with van der Waals surface area (Å²) >= 11 is 1.02. The molecule has 11 heteroatoms. The van der Waals surface area contributed by atoms with Crippen LogP contribution in [-0.4, -0.2) is 42.2 Å². The minimum absolute atomic E-state index is 0.0358. The van der Waals surface area contributed by atoms with Crippen molar-refractivity contribution >= 4 is 50.3 Å². The maximum absolute atomic E-state index is 12.1. The lowest BCUT2D eigenvalue weighted by atomic mass is 10.2. The lowest BCUT2D eigenvalue weighted by molar-refractivity contribution is -0.146. The highest BCUT2D eigenvalue weighted by Gasteiger charge is 2.17. The van der Waals surface area contributed by atoms with Gasteiger partial charge >= 0.3 is 5.97 Å². The van der Waals surface area contributed by atoms with Gasteiger partial charge in [-0.15, -0.1) is 0 Å². The van der Waals surface area contributed by atoms with Gasteiger partial charge in [-0.3, -0.25) is 9.59 Å². The van der Waals surface area contributed by atoms with E-state index in [0.717, 1.165) is 17.3 Å². The van der Waals surface area contributed by atoms with Crippen molar-refractivity contribution in [2.45, 2.75) is 11.8 Å². The molecule has 0 aliphatic heterocycles. The van der Waals surface area contributed by atoms with E-state index in [1.807, 2.05) is 6.92 Å². The molecule has 0 aliphatic carbocycles. The van der Waals surface area contributed by atoms with Crippen LogP contribution in [0.2, 0.25) is 0 Å². The summed E-state index contributed by atoms with van der Waals surface area (Å²) in [5.74, 6) is -1.45. The Morgan fingerprint density at radius 3 is 2.61 bits per heavy atom. The van der Waals surface area contributed by atoms with Crippen LogP contribution >= 0.6 is 11.7 Å². The fourth-order valence-corrected chi connectivity index (χ4v) is 3.76. The largest absolute Gasteiger partial charge is 0.455 e. The molecule has 3 rings (SSSR count). The van der Waals surface area contributed by atoms with Crippen molar-refractivity contribution in [1.29, 1.82) is 0 Å². The highest BCUT2D eigenvalue weighted by atomic mass is 32.2. The van der Waals surface area contributed by atoms with E-state index in [2.05, 4.69) is 18.8 Å². The van der Waals surface area contributed by atoms with E-state index in [0.29, 0.717) is 16.7 Å². The molecule has 0 saturated heterocycles. The summed E-state index contributed by atoms with van der Waals surface area (Å²) in [6.45, 7) is 0.686. The van der Waals surface area contributed by atoms with Crippen LogP contribution < -0.4 is 10.0 Å². The molecule has 0 fully saturated rings. The third kappa shape index (κ3) is 4.88. The number of hydrogen-bond acceptors (Lipinski definition) is 8.